The second-order valence-corrected chi connectivity index (χ2v) is 3.79. The molecule has 6 heteroatoms. The SMILES string of the molecule is COCCOC1CO[C@H](COC)[C@H]1OI. The fraction of sp³-hybridized carbons (Fsp3) is 1.00. The molecule has 0 N–H and O–H groups in total. The topological polar surface area (TPSA) is 46.2 Å². The van der Waals surface area contributed by atoms with E-state index in [1.807, 2.05) is 23.0 Å². The lowest BCUT2D eigenvalue weighted by atomic mass is 10.1. The van der Waals surface area contributed by atoms with Gasteiger partial charge >= 0.3 is 0 Å². The minimum Gasteiger partial charge on any atom is -0.382 e. The maximum absolute atomic E-state index is 5.59. The van der Waals surface area contributed by atoms with Gasteiger partial charge in [-0.1, -0.05) is 0 Å². The molecule has 0 amide bonds. The molecule has 0 saturated carbocycles. The summed E-state index contributed by atoms with van der Waals surface area (Å²) >= 11 is 1.87. The minimum absolute atomic E-state index is 0.0304. The Bertz CT molecular complexity index is 169. The Morgan fingerprint density at radius 2 is 2.07 bits per heavy atom. The Hall–Kier alpha value is 0.530. The molecule has 1 aliphatic rings. The number of hydrogen-bond acceptors (Lipinski definition) is 5. The summed E-state index contributed by atoms with van der Waals surface area (Å²) in [6.07, 6.45) is -0.140. The lowest BCUT2D eigenvalue weighted by Gasteiger charge is -2.19. The van der Waals surface area contributed by atoms with Crippen molar-refractivity contribution >= 4 is 23.0 Å². The van der Waals surface area contributed by atoms with E-state index in [0.717, 1.165) is 0 Å². The van der Waals surface area contributed by atoms with Crippen LogP contribution in [0.1, 0.15) is 0 Å². The highest BCUT2D eigenvalue weighted by atomic mass is 127. The van der Waals surface area contributed by atoms with E-state index in [0.29, 0.717) is 26.4 Å². The molecule has 0 aliphatic carbocycles. The van der Waals surface area contributed by atoms with Gasteiger partial charge in [0.2, 0.25) is 0 Å². The molecule has 1 rings (SSSR count). The minimum atomic E-state index is -0.0672. The van der Waals surface area contributed by atoms with Gasteiger partial charge in [0, 0.05) is 14.2 Å². The van der Waals surface area contributed by atoms with Crippen LogP contribution in [0.3, 0.4) is 0 Å². The largest absolute Gasteiger partial charge is 0.382 e. The quantitative estimate of drug-likeness (QED) is 0.510. The zero-order valence-corrected chi connectivity index (χ0v) is 11.1. The van der Waals surface area contributed by atoms with Gasteiger partial charge in [-0.3, -0.25) is 0 Å². The van der Waals surface area contributed by atoms with Gasteiger partial charge in [-0.05, 0) is 0 Å². The van der Waals surface area contributed by atoms with Crippen molar-refractivity contribution in [1.82, 2.24) is 0 Å². The van der Waals surface area contributed by atoms with E-state index in [-0.39, 0.29) is 18.3 Å². The van der Waals surface area contributed by atoms with E-state index >= 15 is 0 Å². The van der Waals surface area contributed by atoms with Crippen LogP contribution in [0, 0.1) is 0 Å². The van der Waals surface area contributed by atoms with E-state index in [2.05, 4.69) is 0 Å². The van der Waals surface area contributed by atoms with Crippen molar-refractivity contribution in [3.8, 4) is 0 Å². The van der Waals surface area contributed by atoms with Crippen LogP contribution in [-0.2, 0) is 22.0 Å². The Balaban J connectivity index is 2.31. The first-order valence-electron chi connectivity index (χ1n) is 4.82. The molecule has 5 nitrogen and oxygen atoms in total. The van der Waals surface area contributed by atoms with E-state index in [1.165, 1.54) is 0 Å². The van der Waals surface area contributed by atoms with Gasteiger partial charge in [-0.25, -0.2) is 0 Å². The Morgan fingerprint density at radius 1 is 1.27 bits per heavy atom. The summed E-state index contributed by atoms with van der Waals surface area (Å²) in [6.45, 7) is 2.21. The average Bonchev–Trinajstić information content (AvgIpc) is 2.62. The molecular formula is C9H17IO5. The molecule has 0 bridgehead atoms. The number of hydrogen-bond donors (Lipinski definition) is 0. The standard InChI is InChI=1S/C9H17IO5/c1-11-3-4-13-8-6-14-7(5-12-2)9(8)15-10/h7-9H,3-6H2,1-2H3/t7-,8?,9-/m1/s1. The van der Waals surface area contributed by atoms with Crippen molar-refractivity contribution in [2.45, 2.75) is 18.3 Å². The van der Waals surface area contributed by atoms with Crippen molar-refractivity contribution in [3.05, 3.63) is 0 Å². The molecule has 3 atom stereocenters. The second kappa shape index (κ2) is 7.75. The van der Waals surface area contributed by atoms with Crippen molar-refractivity contribution in [2.24, 2.45) is 0 Å². The molecule has 1 unspecified atom stereocenters. The first-order valence-corrected chi connectivity index (χ1v) is 5.70. The predicted octanol–water partition coefficient (Wildman–Crippen LogP) is 0.798. The van der Waals surface area contributed by atoms with Crippen LogP contribution in [0.5, 0.6) is 0 Å². The maximum Gasteiger partial charge on any atom is 0.127 e. The zero-order valence-electron chi connectivity index (χ0n) is 8.98. The lowest BCUT2D eigenvalue weighted by molar-refractivity contribution is -0.0178. The summed E-state index contributed by atoms with van der Waals surface area (Å²) in [4.78, 5) is 0. The van der Waals surface area contributed by atoms with Crippen LogP contribution in [0.4, 0.5) is 0 Å². The van der Waals surface area contributed by atoms with E-state index in [1.54, 1.807) is 14.2 Å². The highest BCUT2D eigenvalue weighted by Gasteiger charge is 2.38. The fourth-order valence-electron chi connectivity index (χ4n) is 1.50. The van der Waals surface area contributed by atoms with E-state index in [4.69, 9.17) is 22.0 Å². The van der Waals surface area contributed by atoms with Crippen LogP contribution in [0.2, 0.25) is 0 Å². The molecule has 1 aliphatic heterocycles. The summed E-state index contributed by atoms with van der Waals surface area (Å²) in [6, 6.07) is 0. The van der Waals surface area contributed by atoms with Crippen LogP contribution in [-0.4, -0.2) is 59.0 Å². The Morgan fingerprint density at radius 3 is 2.67 bits per heavy atom. The Labute approximate surface area is 104 Å². The van der Waals surface area contributed by atoms with Crippen LogP contribution in [0.15, 0.2) is 0 Å². The van der Waals surface area contributed by atoms with Gasteiger partial charge in [-0.15, -0.1) is 0 Å². The van der Waals surface area contributed by atoms with Crippen LogP contribution >= 0.6 is 23.0 Å². The first kappa shape index (κ1) is 13.6. The summed E-state index contributed by atoms with van der Waals surface area (Å²) in [7, 11) is 3.29. The van der Waals surface area contributed by atoms with E-state index < -0.39 is 0 Å². The maximum atomic E-state index is 5.59. The summed E-state index contributed by atoms with van der Waals surface area (Å²) in [5.41, 5.74) is 0. The van der Waals surface area contributed by atoms with Gasteiger partial charge in [0.1, 0.15) is 41.3 Å². The number of rotatable bonds is 7. The molecule has 1 fully saturated rings. The molecule has 1 saturated heterocycles. The number of halogens is 1. The summed E-state index contributed by atoms with van der Waals surface area (Å²) in [5.74, 6) is 0. The van der Waals surface area contributed by atoms with Gasteiger partial charge in [0.05, 0.1) is 26.4 Å². The van der Waals surface area contributed by atoms with E-state index in [9.17, 15) is 0 Å². The average molecular weight is 332 g/mol. The third-order valence-electron chi connectivity index (χ3n) is 2.26. The van der Waals surface area contributed by atoms with Crippen molar-refractivity contribution in [1.29, 1.82) is 0 Å². The highest BCUT2D eigenvalue weighted by molar-refractivity contribution is 14.1. The first-order chi connectivity index (χ1) is 7.33. The third-order valence-corrected chi connectivity index (χ3v) is 2.85. The molecular weight excluding hydrogens is 315 g/mol. The molecule has 0 aromatic carbocycles. The van der Waals surface area contributed by atoms with Crippen molar-refractivity contribution in [3.63, 3.8) is 0 Å². The van der Waals surface area contributed by atoms with Gasteiger partial charge in [0.25, 0.3) is 0 Å². The summed E-state index contributed by atoms with van der Waals surface area (Å²) < 4.78 is 26.4. The summed E-state index contributed by atoms with van der Waals surface area (Å²) in [5, 5.41) is 0. The molecule has 0 aromatic rings. The molecule has 0 aromatic heterocycles. The molecule has 90 valence electrons. The number of ether oxygens (including phenoxy) is 4. The van der Waals surface area contributed by atoms with Gasteiger partial charge in [0.15, 0.2) is 0 Å². The second-order valence-electron chi connectivity index (χ2n) is 3.28. The van der Waals surface area contributed by atoms with Gasteiger partial charge in [-0.2, -0.15) is 0 Å². The fourth-order valence-corrected chi connectivity index (χ4v) is 2.15. The van der Waals surface area contributed by atoms with Gasteiger partial charge < -0.3 is 22.0 Å². The normalized spacial score (nSPS) is 31.0. The highest BCUT2D eigenvalue weighted by Crippen LogP contribution is 2.22. The molecule has 0 radical (unpaired) electrons. The predicted molar refractivity (Wildman–Crippen MR) is 62.1 cm³/mol. The van der Waals surface area contributed by atoms with Crippen molar-refractivity contribution < 1.29 is 22.0 Å². The number of methoxy groups -OCH3 is 2. The monoisotopic (exact) mass is 332 g/mol. The van der Waals surface area contributed by atoms with Crippen LogP contribution < -0.4 is 0 Å². The van der Waals surface area contributed by atoms with Crippen LogP contribution in [0.25, 0.3) is 0 Å². The lowest BCUT2D eigenvalue weighted by Crippen LogP contribution is -2.35. The molecule has 0 spiro atoms. The smallest absolute Gasteiger partial charge is 0.127 e. The molecule has 15 heavy (non-hydrogen) atoms. The van der Waals surface area contributed by atoms with Crippen molar-refractivity contribution in [2.75, 3.05) is 40.6 Å². The third kappa shape index (κ3) is 4.12. The zero-order chi connectivity index (χ0) is 11.1. The Kier molecular flexibility index (Phi) is 7.02. The molecule has 1 heterocycles.